The van der Waals surface area contributed by atoms with E-state index in [-0.39, 0.29) is 4.90 Å². The van der Waals surface area contributed by atoms with Gasteiger partial charge >= 0.3 is 0 Å². The number of thiophene rings is 1. The Morgan fingerprint density at radius 2 is 1.91 bits per heavy atom. The van der Waals surface area contributed by atoms with Crippen LogP contribution in [0.25, 0.3) is 0 Å². The molecule has 0 saturated carbocycles. The van der Waals surface area contributed by atoms with Crippen LogP contribution in [0, 0.1) is 13.8 Å². The molecule has 4 heterocycles. The fourth-order valence-electron chi connectivity index (χ4n) is 4.15. The zero-order valence-corrected chi connectivity index (χ0v) is 22.0. The summed E-state index contributed by atoms with van der Waals surface area (Å²) in [4.78, 5) is 6.20. The number of aliphatic imine (C=N–C) groups is 1. The SMILES string of the molecule is Cc1cc(C2=NNC(=Nc3ccc(S(=O)(=O)N4CCOCC4)cc3)SC2)c(C)n1Cc1cccs1. The minimum Gasteiger partial charge on any atom is -0.379 e. The topological polar surface area (TPSA) is 88.3 Å². The van der Waals surface area contributed by atoms with Crippen molar-refractivity contribution in [2.75, 3.05) is 32.1 Å². The zero-order valence-electron chi connectivity index (χ0n) is 19.6. The Balaban J connectivity index is 1.28. The molecule has 2 aromatic heterocycles. The van der Waals surface area contributed by atoms with Crippen molar-refractivity contribution in [3.05, 3.63) is 69.7 Å². The number of aryl methyl sites for hydroxylation is 1. The highest BCUT2D eigenvalue weighted by molar-refractivity contribution is 8.14. The molecule has 11 heteroatoms. The Morgan fingerprint density at radius 1 is 1.14 bits per heavy atom. The van der Waals surface area contributed by atoms with E-state index in [4.69, 9.17) is 4.74 Å². The first-order chi connectivity index (χ1) is 16.9. The van der Waals surface area contributed by atoms with Crippen LogP contribution in [-0.2, 0) is 21.3 Å². The molecule has 0 spiro atoms. The summed E-state index contributed by atoms with van der Waals surface area (Å²) in [7, 11) is -3.51. The smallest absolute Gasteiger partial charge is 0.243 e. The van der Waals surface area contributed by atoms with Gasteiger partial charge in [-0.05, 0) is 55.6 Å². The van der Waals surface area contributed by atoms with E-state index in [1.165, 1.54) is 20.6 Å². The summed E-state index contributed by atoms with van der Waals surface area (Å²) >= 11 is 3.35. The predicted octanol–water partition coefficient (Wildman–Crippen LogP) is 3.96. The molecule has 3 aromatic rings. The van der Waals surface area contributed by atoms with Crippen LogP contribution < -0.4 is 5.43 Å². The van der Waals surface area contributed by atoms with Crippen molar-refractivity contribution >= 4 is 49.7 Å². The van der Waals surface area contributed by atoms with E-state index < -0.39 is 10.0 Å². The number of amidine groups is 1. The highest BCUT2D eigenvalue weighted by atomic mass is 32.2. The number of thioether (sulfide) groups is 1. The molecule has 0 unspecified atom stereocenters. The second-order valence-corrected chi connectivity index (χ2v) is 12.3. The predicted molar refractivity (Wildman–Crippen MR) is 143 cm³/mol. The second-order valence-electron chi connectivity index (χ2n) is 8.34. The number of hydrazone groups is 1. The van der Waals surface area contributed by atoms with E-state index in [9.17, 15) is 8.42 Å². The third kappa shape index (κ3) is 5.24. The maximum atomic E-state index is 12.8. The zero-order chi connectivity index (χ0) is 24.4. The molecular formula is C24H27N5O3S3. The molecule has 0 bridgehead atoms. The fraction of sp³-hybridized carbons (Fsp3) is 0.333. The number of rotatable bonds is 6. The van der Waals surface area contributed by atoms with Crippen molar-refractivity contribution in [1.29, 1.82) is 0 Å². The molecule has 1 N–H and O–H groups in total. The van der Waals surface area contributed by atoms with Crippen LogP contribution in [0.1, 0.15) is 21.8 Å². The van der Waals surface area contributed by atoms with Gasteiger partial charge in [-0.3, -0.25) is 5.43 Å². The minimum absolute atomic E-state index is 0.269. The molecule has 1 fully saturated rings. The molecule has 8 nitrogen and oxygen atoms in total. The normalized spacial score (nSPS) is 18.5. The van der Waals surface area contributed by atoms with Gasteiger partial charge in [-0.1, -0.05) is 17.8 Å². The molecule has 2 aliphatic rings. The van der Waals surface area contributed by atoms with Gasteiger partial charge in [0.25, 0.3) is 0 Å². The first-order valence-electron chi connectivity index (χ1n) is 11.3. The van der Waals surface area contributed by atoms with Crippen molar-refractivity contribution in [2.45, 2.75) is 25.3 Å². The van der Waals surface area contributed by atoms with E-state index in [0.29, 0.717) is 42.9 Å². The number of nitrogens with one attached hydrogen (secondary N) is 1. The van der Waals surface area contributed by atoms with E-state index in [0.717, 1.165) is 17.8 Å². The van der Waals surface area contributed by atoms with Crippen molar-refractivity contribution in [1.82, 2.24) is 14.3 Å². The number of hydrogen-bond acceptors (Lipinski definition) is 7. The van der Waals surface area contributed by atoms with Crippen molar-refractivity contribution in [3.63, 3.8) is 0 Å². The molecular weight excluding hydrogens is 502 g/mol. The third-order valence-electron chi connectivity index (χ3n) is 6.09. The third-order valence-corrected chi connectivity index (χ3v) is 9.73. The summed E-state index contributed by atoms with van der Waals surface area (Å²) in [6.45, 7) is 6.74. The summed E-state index contributed by atoms with van der Waals surface area (Å²) in [6, 6.07) is 13.1. The van der Waals surface area contributed by atoms with Crippen molar-refractivity contribution in [3.8, 4) is 0 Å². The average Bonchev–Trinajstić information content (AvgIpc) is 3.49. The van der Waals surface area contributed by atoms with Gasteiger partial charge in [0.05, 0.1) is 36.1 Å². The molecule has 0 amide bonds. The van der Waals surface area contributed by atoms with Gasteiger partial charge in [0, 0.05) is 40.7 Å². The number of sulfonamides is 1. The second kappa shape index (κ2) is 10.3. The van der Waals surface area contributed by atoms with Gasteiger partial charge < -0.3 is 9.30 Å². The maximum Gasteiger partial charge on any atom is 0.243 e. The van der Waals surface area contributed by atoms with Crippen molar-refractivity contribution < 1.29 is 13.2 Å². The number of aromatic nitrogens is 1. The molecule has 2 aliphatic heterocycles. The van der Waals surface area contributed by atoms with Gasteiger partial charge in [-0.15, -0.1) is 11.3 Å². The first kappa shape index (κ1) is 24.3. The maximum absolute atomic E-state index is 12.8. The Labute approximate surface area is 213 Å². The fourth-order valence-corrected chi connectivity index (χ4v) is 7.03. The summed E-state index contributed by atoms with van der Waals surface area (Å²) in [5.41, 5.74) is 8.30. The number of nitrogens with zero attached hydrogens (tertiary/aromatic N) is 4. The van der Waals surface area contributed by atoms with Crippen LogP contribution in [0.4, 0.5) is 5.69 Å². The highest BCUT2D eigenvalue weighted by Gasteiger charge is 2.26. The number of ether oxygens (including phenoxy) is 1. The number of benzene rings is 1. The highest BCUT2D eigenvalue weighted by Crippen LogP contribution is 2.25. The first-order valence-corrected chi connectivity index (χ1v) is 14.6. The molecule has 0 aliphatic carbocycles. The van der Waals surface area contributed by atoms with Gasteiger partial charge in [0.15, 0.2) is 5.17 Å². The summed E-state index contributed by atoms with van der Waals surface area (Å²) in [6.07, 6.45) is 0. The Bertz CT molecular complexity index is 1350. The van der Waals surface area contributed by atoms with Crippen LogP contribution in [0.15, 0.2) is 62.8 Å². The van der Waals surface area contributed by atoms with Gasteiger partial charge in [0.1, 0.15) is 0 Å². The quantitative estimate of drug-likeness (QED) is 0.522. The average molecular weight is 530 g/mol. The van der Waals surface area contributed by atoms with Crippen LogP contribution in [0.2, 0.25) is 0 Å². The van der Waals surface area contributed by atoms with Gasteiger partial charge in [-0.2, -0.15) is 9.41 Å². The van der Waals surface area contributed by atoms with E-state index in [1.54, 1.807) is 47.4 Å². The lowest BCUT2D eigenvalue weighted by Crippen LogP contribution is -2.40. The van der Waals surface area contributed by atoms with Crippen LogP contribution in [0.3, 0.4) is 0 Å². The molecule has 0 atom stereocenters. The van der Waals surface area contributed by atoms with Crippen LogP contribution in [-0.4, -0.2) is 60.2 Å². The Hall–Kier alpha value is -2.44. The molecule has 1 saturated heterocycles. The van der Waals surface area contributed by atoms with Gasteiger partial charge in [0.2, 0.25) is 10.0 Å². The molecule has 0 radical (unpaired) electrons. The van der Waals surface area contributed by atoms with Crippen LogP contribution in [0.5, 0.6) is 0 Å². The number of morpholine rings is 1. The molecule has 184 valence electrons. The lowest BCUT2D eigenvalue weighted by Gasteiger charge is -2.26. The molecule has 1 aromatic carbocycles. The summed E-state index contributed by atoms with van der Waals surface area (Å²) < 4.78 is 34.6. The van der Waals surface area contributed by atoms with Crippen molar-refractivity contribution in [2.24, 2.45) is 10.1 Å². The standard InChI is InChI=1S/C24H27N5O3S3/c1-17-14-22(18(2)29(17)15-20-4-3-13-33-20)23-16-34-24(27-26-23)25-19-5-7-21(8-6-19)35(30,31)28-9-11-32-12-10-28/h3-8,13-14H,9-12,15-16H2,1-2H3,(H,25,27). The molecule has 5 rings (SSSR count). The largest absolute Gasteiger partial charge is 0.379 e. The van der Waals surface area contributed by atoms with Crippen LogP contribution >= 0.6 is 23.1 Å². The Kier molecular flexibility index (Phi) is 7.12. The lowest BCUT2D eigenvalue weighted by molar-refractivity contribution is 0.0730. The van der Waals surface area contributed by atoms with Gasteiger partial charge in [-0.25, -0.2) is 13.4 Å². The minimum atomic E-state index is -3.51. The molecule has 35 heavy (non-hydrogen) atoms. The summed E-state index contributed by atoms with van der Waals surface area (Å²) in [5, 5.41) is 7.39. The van der Waals surface area contributed by atoms with E-state index in [1.807, 2.05) is 0 Å². The van der Waals surface area contributed by atoms with E-state index >= 15 is 0 Å². The lowest BCUT2D eigenvalue weighted by atomic mass is 10.1. The number of hydrogen-bond donors (Lipinski definition) is 1. The monoisotopic (exact) mass is 529 g/mol. The van der Waals surface area contributed by atoms with E-state index in [2.05, 4.69) is 57.5 Å². The summed E-state index contributed by atoms with van der Waals surface area (Å²) in [5.74, 6) is 0.707. The Morgan fingerprint density at radius 3 is 2.57 bits per heavy atom.